The summed E-state index contributed by atoms with van der Waals surface area (Å²) in [5.41, 5.74) is 2.03. The van der Waals surface area contributed by atoms with Gasteiger partial charge in [-0.2, -0.15) is 0 Å². The zero-order valence-corrected chi connectivity index (χ0v) is 13.1. The molecule has 0 bridgehead atoms. The lowest BCUT2D eigenvalue weighted by molar-refractivity contribution is 0.553. The maximum Gasteiger partial charge on any atom is 0.260 e. The van der Waals surface area contributed by atoms with Gasteiger partial charge in [0.25, 0.3) is 10.0 Å². The molecule has 1 aromatic heterocycles. The minimum absolute atomic E-state index is 0.0256. The standard InChI is InChI=1S/C14H16ClN3O2S/c1-2-18-8-13(16-9-18)21(19,20)17-14-11-6-4-3-5-10(11)7-12(14)15/h3-6,8-9,12,14,17H,2,7H2,1H3. The van der Waals surface area contributed by atoms with Crippen molar-refractivity contribution in [2.45, 2.75) is 36.3 Å². The molecule has 2 unspecified atom stereocenters. The Labute approximate surface area is 129 Å². The minimum Gasteiger partial charge on any atom is -0.336 e. The fraction of sp³-hybridized carbons (Fsp3) is 0.357. The molecule has 112 valence electrons. The summed E-state index contributed by atoms with van der Waals surface area (Å²) < 4.78 is 29.3. The van der Waals surface area contributed by atoms with Crippen LogP contribution in [0.1, 0.15) is 24.1 Å². The number of aryl methyl sites for hydroxylation is 1. The number of aromatic nitrogens is 2. The van der Waals surface area contributed by atoms with Crippen molar-refractivity contribution in [1.29, 1.82) is 0 Å². The largest absolute Gasteiger partial charge is 0.336 e. The van der Waals surface area contributed by atoms with Gasteiger partial charge in [-0.1, -0.05) is 24.3 Å². The van der Waals surface area contributed by atoms with Crippen LogP contribution in [0, 0.1) is 0 Å². The van der Waals surface area contributed by atoms with E-state index in [1.54, 1.807) is 4.57 Å². The molecule has 3 rings (SSSR count). The first-order chi connectivity index (χ1) is 10.0. The molecular formula is C14H16ClN3O2S. The number of halogens is 1. The molecule has 0 amide bonds. The van der Waals surface area contributed by atoms with Gasteiger partial charge in [0.15, 0.2) is 5.03 Å². The summed E-state index contributed by atoms with van der Waals surface area (Å²) in [6.07, 6.45) is 3.69. The Morgan fingerprint density at radius 3 is 2.90 bits per heavy atom. The van der Waals surface area contributed by atoms with Crippen LogP contribution >= 0.6 is 11.6 Å². The highest BCUT2D eigenvalue weighted by Gasteiger charge is 2.34. The zero-order valence-electron chi connectivity index (χ0n) is 11.5. The summed E-state index contributed by atoms with van der Waals surface area (Å²) in [7, 11) is -3.67. The van der Waals surface area contributed by atoms with Crippen molar-refractivity contribution in [3.63, 3.8) is 0 Å². The minimum atomic E-state index is -3.67. The first-order valence-corrected chi connectivity index (χ1v) is 8.69. The van der Waals surface area contributed by atoms with Crippen LogP contribution in [-0.2, 0) is 23.0 Å². The van der Waals surface area contributed by atoms with E-state index in [0.29, 0.717) is 13.0 Å². The third-order valence-corrected chi connectivity index (χ3v) is 5.43. The summed E-state index contributed by atoms with van der Waals surface area (Å²) in [5.74, 6) is 0. The SMILES string of the molecule is CCn1cnc(S(=O)(=O)NC2c3ccccc3CC2Cl)c1. The van der Waals surface area contributed by atoms with Gasteiger partial charge in [0.1, 0.15) is 0 Å². The molecule has 1 heterocycles. The van der Waals surface area contributed by atoms with Crippen LogP contribution < -0.4 is 4.72 Å². The summed E-state index contributed by atoms with van der Waals surface area (Å²) in [6, 6.07) is 7.29. The van der Waals surface area contributed by atoms with E-state index >= 15 is 0 Å². The van der Waals surface area contributed by atoms with Crippen molar-refractivity contribution in [1.82, 2.24) is 14.3 Å². The molecule has 0 aliphatic heterocycles. The number of sulfonamides is 1. The van der Waals surface area contributed by atoms with Gasteiger partial charge < -0.3 is 4.57 Å². The average molecular weight is 326 g/mol. The lowest BCUT2D eigenvalue weighted by atomic mass is 10.1. The second-order valence-corrected chi connectivity index (χ2v) is 7.28. The van der Waals surface area contributed by atoms with Gasteiger partial charge in [-0.05, 0) is 24.5 Å². The smallest absolute Gasteiger partial charge is 0.260 e. The van der Waals surface area contributed by atoms with E-state index in [1.807, 2.05) is 31.2 Å². The quantitative estimate of drug-likeness (QED) is 0.875. The van der Waals surface area contributed by atoms with E-state index in [-0.39, 0.29) is 10.4 Å². The molecule has 0 radical (unpaired) electrons. The molecular weight excluding hydrogens is 310 g/mol. The number of fused-ring (bicyclic) bond motifs is 1. The van der Waals surface area contributed by atoms with Crippen molar-refractivity contribution >= 4 is 21.6 Å². The number of nitrogens with zero attached hydrogens (tertiary/aromatic N) is 2. The van der Waals surface area contributed by atoms with Gasteiger partial charge in [0, 0.05) is 12.7 Å². The van der Waals surface area contributed by atoms with E-state index in [4.69, 9.17) is 11.6 Å². The van der Waals surface area contributed by atoms with Gasteiger partial charge in [-0.25, -0.2) is 18.1 Å². The van der Waals surface area contributed by atoms with Crippen LogP contribution in [0.15, 0.2) is 41.8 Å². The molecule has 1 N–H and O–H groups in total. The lowest BCUT2D eigenvalue weighted by Gasteiger charge is -2.16. The average Bonchev–Trinajstić information content (AvgIpc) is 3.05. The molecule has 0 saturated carbocycles. The van der Waals surface area contributed by atoms with E-state index in [0.717, 1.165) is 11.1 Å². The Bertz CT molecular complexity index is 757. The molecule has 5 nitrogen and oxygen atoms in total. The third kappa shape index (κ3) is 2.71. The lowest BCUT2D eigenvalue weighted by Crippen LogP contribution is -2.32. The fourth-order valence-corrected chi connectivity index (χ4v) is 4.21. The highest BCUT2D eigenvalue weighted by Crippen LogP contribution is 2.35. The molecule has 1 aliphatic rings. The highest BCUT2D eigenvalue weighted by atomic mass is 35.5. The van der Waals surface area contributed by atoms with E-state index < -0.39 is 16.1 Å². The van der Waals surface area contributed by atoms with Gasteiger partial charge in [-0.15, -0.1) is 11.6 Å². The second kappa shape index (κ2) is 5.44. The summed E-state index contributed by atoms with van der Waals surface area (Å²) >= 11 is 6.32. The van der Waals surface area contributed by atoms with Gasteiger partial charge in [0.2, 0.25) is 0 Å². The normalized spacial score (nSPS) is 21.4. The number of hydrogen-bond acceptors (Lipinski definition) is 3. The Hall–Kier alpha value is -1.37. The van der Waals surface area contributed by atoms with Crippen LogP contribution in [0.2, 0.25) is 0 Å². The maximum atomic E-state index is 12.4. The summed E-state index contributed by atoms with van der Waals surface area (Å²) in [6.45, 7) is 2.60. The Morgan fingerprint density at radius 1 is 1.43 bits per heavy atom. The second-order valence-electron chi connectivity index (χ2n) is 5.06. The number of rotatable bonds is 4. The number of benzene rings is 1. The number of alkyl halides is 1. The van der Waals surface area contributed by atoms with Crippen molar-refractivity contribution < 1.29 is 8.42 Å². The Balaban J connectivity index is 1.89. The van der Waals surface area contributed by atoms with Crippen molar-refractivity contribution in [2.75, 3.05) is 0 Å². The molecule has 2 atom stereocenters. The van der Waals surface area contributed by atoms with E-state index in [2.05, 4.69) is 9.71 Å². The van der Waals surface area contributed by atoms with Crippen molar-refractivity contribution in [3.8, 4) is 0 Å². The number of hydrogen-bond donors (Lipinski definition) is 1. The third-order valence-electron chi connectivity index (χ3n) is 3.70. The van der Waals surface area contributed by atoms with Gasteiger partial charge in [0.05, 0.1) is 17.7 Å². The van der Waals surface area contributed by atoms with Gasteiger partial charge in [-0.3, -0.25) is 0 Å². The predicted molar refractivity (Wildman–Crippen MR) is 80.8 cm³/mol. The van der Waals surface area contributed by atoms with E-state index in [9.17, 15) is 8.42 Å². The van der Waals surface area contributed by atoms with Crippen LogP contribution in [0.4, 0.5) is 0 Å². The fourth-order valence-electron chi connectivity index (χ4n) is 2.56. The Morgan fingerprint density at radius 2 is 2.19 bits per heavy atom. The molecule has 7 heteroatoms. The highest BCUT2D eigenvalue weighted by molar-refractivity contribution is 7.89. The zero-order chi connectivity index (χ0) is 15.0. The summed E-state index contributed by atoms with van der Waals surface area (Å²) in [4.78, 5) is 3.95. The molecule has 1 aliphatic carbocycles. The van der Waals surface area contributed by atoms with Crippen LogP contribution in [0.5, 0.6) is 0 Å². The van der Waals surface area contributed by atoms with Crippen LogP contribution in [0.25, 0.3) is 0 Å². The first kappa shape index (κ1) is 14.6. The predicted octanol–water partition coefficient (Wildman–Crippen LogP) is 2.09. The maximum absolute atomic E-state index is 12.4. The van der Waals surface area contributed by atoms with Crippen LogP contribution in [-0.4, -0.2) is 23.3 Å². The molecule has 2 aromatic rings. The van der Waals surface area contributed by atoms with Gasteiger partial charge >= 0.3 is 0 Å². The van der Waals surface area contributed by atoms with Crippen molar-refractivity contribution in [2.24, 2.45) is 0 Å². The molecule has 0 fully saturated rings. The topological polar surface area (TPSA) is 64.0 Å². The monoisotopic (exact) mass is 325 g/mol. The van der Waals surface area contributed by atoms with Crippen LogP contribution in [0.3, 0.4) is 0 Å². The number of imidazole rings is 1. The molecule has 21 heavy (non-hydrogen) atoms. The van der Waals surface area contributed by atoms with E-state index in [1.165, 1.54) is 12.5 Å². The molecule has 0 spiro atoms. The molecule has 1 aromatic carbocycles. The van der Waals surface area contributed by atoms with Crippen molar-refractivity contribution in [3.05, 3.63) is 47.9 Å². The summed E-state index contributed by atoms with van der Waals surface area (Å²) in [5, 5.41) is -0.261. The molecule has 0 saturated heterocycles. The Kier molecular flexibility index (Phi) is 3.77. The number of nitrogens with one attached hydrogen (secondary N) is 1. The first-order valence-electron chi connectivity index (χ1n) is 6.77.